The van der Waals surface area contributed by atoms with E-state index in [1.807, 2.05) is 0 Å². The number of esters is 1. The molecule has 0 unspecified atom stereocenters. The molecule has 20 heavy (non-hydrogen) atoms. The van der Waals surface area contributed by atoms with E-state index in [0.717, 1.165) is 0 Å². The first-order valence-electron chi connectivity index (χ1n) is 5.87. The molecule has 0 amide bonds. The van der Waals surface area contributed by atoms with E-state index in [0.29, 0.717) is 11.8 Å². The van der Waals surface area contributed by atoms with Crippen molar-refractivity contribution in [3.63, 3.8) is 0 Å². The van der Waals surface area contributed by atoms with E-state index < -0.39 is 11.5 Å². The molecule has 0 fully saturated rings. The van der Waals surface area contributed by atoms with Gasteiger partial charge < -0.3 is 9.53 Å². The molecule has 0 bridgehead atoms. The summed E-state index contributed by atoms with van der Waals surface area (Å²) in [4.78, 5) is 21.9. The number of thioether (sulfide) groups is 1. The molecule has 0 saturated heterocycles. The van der Waals surface area contributed by atoms with E-state index in [-0.39, 0.29) is 41.7 Å². The Bertz CT molecular complexity index is 486. The highest BCUT2D eigenvalue weighted by Crippen LogP contribution is 2.41. The van der Waals surface area contributed by atoms with Gasteiger partial charge >= 0.3 is 11.5 Å². The lowest BCUT2D eigenvalue weighted by molar-refractivity contribution is -0.107. The lowest BCUT2D eigenvalue weighted by Gasteiger charge is -2.14. The largest absolute Gasteiger partial charge is 0.462 e. The standard InChI is InChI=1S/C13H13F3O3S/c1-2-19-12(18)10-7-3-5-9(6-4-8-17)11(10)20-13(14,15)16/h3,5,7-8H,2,4,6H2,1H3. The third kappa shape index (κ3) is 4.88. The maximum absolute atomic E-state index is 12.6. The Kier molecular flexibility index (Phi) is 6.06. The Hall–Kier alpha value is -1.50. The summed E-state index contributed by atoms with van der Waals surface area (Å²) in [5, 5.41) is 0. The number of aryl methyl sites for hydroxylation is 1. The first kappa shape index (κ1) is 16.6. The van der Waals surface area contributed by atoms with Crippen LogP contribution in [0.3, 0.4) is 0 Å². The van der Waals surface area contributed by atoms with Crippen LogP contribution >= 0.6 is 11.8 Å². The Balaban J connectivity index is 3.20. The summed E-state index contributed by atoms with van der Waals surface area (Å²) in [6.45, 7) is 1.65. The molecule has 0 N–H and O–H groups in total. The van der Waals surface area contributed by atoms with Crippen LogP contribution in [0.25, 0.3) is 0 Å². The summed E-state index contributed by atoms with van der Waals surface area (Å²) in [5.74, 6) is -0.799. The molecule has 0 aliphatic carbocycles. The Morgan fingerprint density at radius 2 is 2.10 bits per heavy atom. The molecule has 0 spiro atoms. The molecule has 1 aromatic carbocycles. The smallest absolute Gasteiger partial charge is 0.446 e. The summed E-state index contributed by atoms with van der Waals surface area (Å²) >= 11 is -0.358. The number of rotatable bonds is 6. The highest BCUT2D eigenvalue weighted by atomic mass is 32.2. The van der Waals surface area contributed by atoms with E-state index in [1.54, 1.807) is 6.92 Å². The van der Waals surface area contributed by atoms with Gasteiger partial charge in [0.1, 0.15) is 6.29 Å². The molecule has 0 aliphatic heterocycles. The molecule has 0 aromatic heterocycles. The molecule has 0 radical (unpaired) electrons. The maximum atomic E-state index is 12.6. The topological polar surface area (TPSA) is 43.4 Å². The van der Waals surface area contributed by atoms with Gasteiger partial charge in [0.25, 0.3) is 0 Å². The second kappa shape index (κ2) is 7.33. The molecule has 0 aliphatic rings. The Morgan fingerprint density at radius 3 is 2.65 bits per heavy atom. The van der Waals surface area contributed by atoms with Crippen LogP contribution in [0, 0.1) is 0 Å². The third-order valence-electron chi connectivity index (χ3n) is 2.34. The summed E-state index contributed by atoms with van der Waals surface area (Å²) in [6, 6.07) is 4.24. The third-order valence-corrected chi connectivity index (χ3v) is 3.26. The van der Waals surface area contributed by atoms with Crippen LogP contribution in [-0.2, 0) is 16.0 Å². The Morgan fingerprint density at radius 1 is 1.40 bits per heavy atom. The number of hydrogen-bond acceptors (Lipinski definition) is 4. The molecule has 1 rings (SSSR count). The zero-order valence-electron chi connectivity index (χ0n) is 10.7. The van der Waals surface area contributed by atoms with Gasteiger partial charge in [-0.25, -0.2) is 4.79 Å². The quantitative estimate of drug-likeness (QED) is 0.457. The highest BCUT2D eigenvalue weighted by molar-refractivity contribution is 8.00. The van der Waals surface area contributed by atoms with Gasteiger partial charge in [0.2, 0.25) is 0 Å². The van der Waals surface area contributed by atoms with Gasteiger partial charge in [-0.1, -0.05) is 12.1 Å². The van der Waals surface area contributed by atoms with Gasteiger partial charge in [-0.05, 0) is 36.7 Å². The predicted octanol–water partition coefficient (Wildman–Crippen LogP) is 3.61. The molecular formula is C13H13F3O3S. The number of halogens is 3. The number of alkyl halides is 3. The lowest BCUT2D eigenvalue weighted by Crippen LogP contribution is -2.10. The number of benzene rings is 1. The van der Waals surface area contributed by atoms with Crippen molar-refractivity contribution in [3.05, 3.63) is 29.3 Å². The van der Waals surface area contributed by atoms with Gasteiger partial charge in [0, 0.05) is 11.3 Å². The first-order chi connectivity index (χ1) is 9.39. The lowest BCUT2D eigenvalue weighted by atomic mass is 10.1. The van der Waals surface area contributed by atoms with Gasteiger partial charge in [0.05, 0.1) is 12.2 Å². The van der Waals surface area contributed by atoms with Crippen LogP contribution in [0.2, 0.25) is 0 Å². The van der Waals surface area contributed by atoms with Crippen molar-refractivity contribution < 1.29 is 27.5 Å². The summed E-state index contributed by atoms with van der Waals surface area (Å²) in [6.07, 6.45) is 0.867. The zero-order valence-corrected chi connectivity index (χ0v) is 11.5. The number of ether oxygens (including phenoxy) is 1. The monoisotopic (exact) mass is 306 g/mol. The van der Waals surface area contributed by atoms with E-state index >= 15 is 0 Å². The molecule has 1 aromatic rings. The fourth-order valence-corrected chi connectivity index (χ4v) is 2.40. The van der Waals surface area contributed by atoms with Crippen molar-refractivity contribution in [1.82, 2.24) is 0 Å². The van der Waals surface area contributed by atoms with Crippen molar-refractivity contribution in [2.24, 2.45) is 0 Å². The Labute approximate surface area is 118 Å². The SMILES string of the molecule is CCOC(=O)c1cccc(CCC=O)c1SC(F)(F)F. The minimum absolute atomic E-state index is 0.0769. The molecule has 0 atom stereocenters. The second-order valence-corrected chi connectivity index (χ2v) is 4.84. The normalized spacial score (nSPS) is 11.2. The van der Waals surface area contributed by atoms with Crippen LogP contribution in [0.4, 0.5) is 13.2 Å². The summed E-state index contributed by atoms with van der Waals surface area (Å²) in [7, 11) is 0. The van der Waals surface area contributed by atoms with Crippen LogP contribution in [0.1, 0.15) is 29.3 Å². The average molecular weight is 306 g/mol. The van der Waals surface area contributed by atoms with Crippen LogP contribution in [0.15, 0.2) is 23.1 Å². The van der Waals surface area contributed by atoms with Crippen molar-refractivity contribution >= 4 is 24.0 Å². The van der Waals surface area contributed by atoms with Gasteiger partial charge in [0.15, 0.2) is 0 Å². The van der Waals surface area contributed by atoms with Crippen molar-refractivity contribution in [3.8, 4) is 0 Å². The van der Waals surface area contributed by atoms with Crippen molar-refractivity contribution in [1.29, 1.82) is 0 Å². The van der Waals surface area contributed by atoms with Crippen molar-refractivity contribution in [2.45, 2.75) is 30.2 Å². The highest BCUT2D eigenvalue weighted by Gasteiger charge is 2.33. The average Bonchev–Trinajstić information content (AvgIpc) is 2.36. The van der Waals surface area contributed by atoms with E-state index in [1.165, 1.54) is 18.2 Å². The second-order valence-electron chi connectivity index (χ2n) is 3.77. The first-order valence-corrected chi connectivity index (χ1v) is 6.69. The summed E-state index contributed by atoms with van der Waals surface area (Å²) < 4.78 is 42.6. The van der Waals surface area contributed by atoms with Crippen LogP contribution in [0.5, 0.6) is 0 Å². The minimum atomic E-state index is -4.52. The molecular weight excluding hydrogens is 293 g/mol. The number of hydrogen-bond donors (Lipinski definition) is 0. The van der Waals surface area contributed by atoms with Crippen LogP contribution < -0.4 is 0 Å². The fraction of sp³-hybridized carbons (Fsp3) is 0.385. The fourth-order valence-electron chi connectivity index (χ4n) is 1.60. The number of carbonyl (C=O) groups excluding carboxylic acids is 2. The minimum Gasteiger partial charge on any atom is -0.462 e. The molecule has 3 nitrogen and oxygen atoms in total. The van der Waals surface area contributed by atoms with Gasteiger partial charge in [-0.15, -0.1) is 0 Å². The molecule has 110 valence electrons. The molecule has 0 saturated carbocycles. The van der Waals surface area contributed by atoms with Gasteiger partial charge in [-0.3, -0.25) is 0 Å². The molecule has 7 heteroatoms. The van der Waals surface area contributed by atoms with Gasteiger partial charge in [-0.2, -0.15) is 13.2 Å². The van der Waals surface area contributed by atoms with E-state index in [2.05, 4.69) is 0 Å². The number of aldehydes is 1. The number of carbonyl (C=O) groups is 2. The van der Waals surface area contributed by atoms with Crippen LogP contribution in [-0.4, -0.2) is 24.4 Å². The van der Waals surface area contributed by atoms with E-state index in [4.69, 9.17) is 4.74 Å². The van der Waals surface area contributed by atoms with Crippen molar-refractivity contribution in [2.75, 3.05) is 6.61 Å². The maximum Gasteiger partial charge on any atom is 0.446 e. The molecule has 0 heterocycles. The predicted molar refractivity (Wildman–Crippen MR) is 68.7 cm³/mol. The van der Waals surface area contributed by atoms with E-state index in [9.17, 15) is 22.8 Å². The summed E-state index contributed by atoms with van der Waals surface area (Å²) in [5.41, 5.74) is -4.33. The zero-order chi connectivity index (χ0) is 15.2.